The second-order valence-corrected chi connectivity index (χ2v) is 10.1. The average molecular weight is 464 g/mol. The monoisotopic (exact) mass is 463 g/mol. The molecule has 11 heteroatoms. The fourth-order valence-corrected chi connectivity index (χ4v) is 6.82. The highest BCUT2D eigenvalue weighted by Gasteiger charge is 2.60. The summed E-state index contributed by atoms with van der Waals surface area (Å²) in [6.45, 7) is 5.14. The summed E-state index contributed by atoms with van der Waals surface area (Å²) < 4.78 is 0. The molecule has 174 valence electrons. The molecule has 0 spiro atoms. The van der Waals surface area contributed by atoms with Gasteiger partial charge in [0.1, 0.15) is 12.4 Å². The molecule has 2 saturated heterocycles. The molecule has 10 nitrogen and oxygen atoms in total. The fourth-order valence-electron chi connectivity index (χ4n) is 5.26. The van der Waals surface area contributed by atoms with E-state index in [4.69, 9.17) is 0 Å². The number of fused-ring (bicyclic) bond motifs is 1. The highest BCUT2D eigenvalue weighted by atomic mass is 32.2. The molecule has 4 heterocycles. The summed E-state index contributed by atoms with van der Waals surface area (Å²) in [7, 11) is 1.61. The Morgan fingerprint density at radius 1 is 1.34 bits per heavy atom. The number of hydrogen-bond donors (Lipinski definition) is 3. The Hall–Kier alpha value is -2.24. The zero-order valence-electron chi connectivity index (χ0n) is 18.3. The summed E-state index contributed by atoms with van der Waals surface area (Å²) in [5.74, 6) is -2.28. The van der Waals surface area contributed by atoms with Gasteiger partial charge in [-0.25, -0.2) is 4.79 Å². The minimum atomic E-state index is -1.13. The Bertz CT molecular complexity index is 891. The van der Waals surface area contributed by atoms with Crippen LogP contribution in [0.15, 0.2) is 20.6 Å². The van der Waals surface area contributed by atoms with Gasteiger partial charge >= 0.3 is 5.97 Å². The lowest BCUT2D eigenvalue weighted by molar-refractivity contribution is -0.163. The van der Waals surface area contributed by atoms with Gasteiger partial charge in [-0.1, -0.05) is 6.92 Å². The van der Waals surface area contributed by atoms with Crippen LogP contribution in [0.5, 0.6) is 0 Å². The number of likely N-dealkylation sites (N-methyl/N-ethyl adjacent to an activating group) is 1. The van der Waals surface area contributed by atoms with Crippen molar-refractivity contribution < 1.29 is 24.6 Å². The largest absolute Gasteiger partial charge is 0.477 e. The van der Waals surface area contributed by atoms with Gasteiger partial charge in [-0.3, -0.25) is 24.5 Å². The number of aliphatic hydroxyl groups is 1. The molecule has 2 amide bonds. The number of aliphatic carboxylic acids is 1. The highest BCUT2D eigenvalue weighted by Crippen LogP contribution is 2.52. The minimum absolute atomic E-state index is 0.000343. The molecule has 6 atom stereocenters. The van der Waals surface area contributed by atoms with Crippen LogP contribution in [0.4, 0.5) is 0 Å². The van der Waals surface area contributed by atoms with Crippen LogP contribution in [0.25, 0.3) is 0 Å². The Morgan fingerprint density at radius 2 is 2.03 bits per heavy atom. The number of thioether (sulfide) groups is 1. The average Bonchev–Trinajstić information content (AvgIpc) is 3.25. The number of β-lactam (4-membered cyclic amide) rings is 1. The first kappa shape index (κ1) is 22.9. The van der Waals surface area contributed by atoms with E-state index in [0.29, 0.717) is 31.1 Å². The van der Waals surface area contributed by atoms with Gasteiger partial charge in [-0.2, -0.15) is 0 Å². The Morgan fingerprint density at radius 3 is 2.62 bits per heavy atom. The van der Waals surface area contributed by atoms with Crippen LogP contribution < -0.4 is 5.32 Å². The third kappa shape index (κ3) is 3.86. The molecule has 4 aliphatic heterocycles. The van der Waals surface area contributed by atoms with Gasteiger partial charge in [0.2, 0.25) is 11.8 Å². The SMILES string of the molecule is CNC(=O)C1CC(SC2=C(C(=O)O)N3C(=O)C(C(C)O)C3C2C)CN1CC1C=NCN=C1. The van der Waals surface area contributed by atoms with Gasteiger partial charge in [0.15, 0.2) is 0 Å². The summed E-state index contributed by atoms with van der Waals surface area (Å²) in [5, 5.41) is 22.6. The van der Waals surface area contributed by atoms with Gasteiger partial charge in [0.25, 0.3) is 0 Å². The van der Waals surface area contributed by atoms with Crippen molar-refractivity contribution in [2.75, 3.05) is 26.8 Å². The second kappa shape index (κ2) is 8.95. The summed E-state index contributed by atoms with van der Waals surface area (Å²) in [6, 6.07) is -0.659. The number of carboxylic acids is 1. The number of aliphatic hydroxyl groups excluding tert-OH is 1. The number of carboxylic acid groups (broad SMARTS) is 1. The van der Waals surface area contributed by atoms with Crippen LogP contribution in [0.1, 0.15) is 20.3 Å². The predicted molar refractivity (Wildman–Crippen MR) is 120 cm³/mol. The molecule has 0 aromatic carbocycles. The molecular formula is C21H29N5O5S. The molecule has 0 radical (unpaired) electrons. The molecule has 2 fully saturated rings. The quantitative estimate of drug-likeness (QED) is 0.445. The number of likely N-dealkylation sites (tertiary alicyclic amines) is 1. The molecular weight excluding hydrogens is 434 g/mol. The van der Waals surface area contributed by atoms with Crippen LogP contribution in [0, 0.1) is 17.8 Å². The number of rotatable bonds is 7. The Labute approximate surface area is 190 Å². The molecule has 0 aliphatic carbocycles. The molecule has 0 bridgehead atoms. The van der Waals surface area contributed by atoms with Gasteiger partial charge in [-0.05, 0) is 13.3 Å². The standard InChI is InChI=1S/C21H29N5O5S/c1-10-16-15(11(2)27)20(29)26(16)17(21(30)31)18(10)32-13-4-14(19(28)22-3)25(8-13)7-12-5-23-9-24-6-12/h5-6,10-16,27H,4,7-9H2,1-3H3,(H,22,28)(H,30,31). The minimum Gasteiger partial charge on any atom is -0.477 e. The molecule has 4 rings (SSSR count). The summed E-state index contributed by atoms with van der Waals surface area (Å²) >= 11 is 1.45. The van der Waals surface area contributed by atoms with Crippen LogP contribution in [-0.2, 0) is 14.4 Å². The molecule has 0 aromatic heterocycles. The van der Waals surface area contributed by atoms with Crippen molar-refractivity contribution in [1.29, 1.82) is 0 Å². The van der Waals surface area contributed by atoms with Gasteiger partial charge in [0, 0.05) is 54.6 Å². The predicted octanol–water partition coefficient (Wildman–Crippen LogP) is -0.209. The van der Waals surface area contributed by atoms with Gasteiger partial charge in [-0.15, -0.1) is 11.8 Å². The topological polar surface area (TPSA) is 135 Å². The zero-order valence-corrected chi connectivity index (χ0v) is 19.2. The molecule has 4 aliphatic rings. The second-order valence-electron chi connectivity index (χ2n) is 8.80. The first-order valence-corrected chi connectivity index (χ1v) is 11.7. The molecule has 0 aromatic rings. The van der Waals surface area contributed by atoms with Crippen molar-refractivity contribution in [2.45, 2.75) is 43.7 Å². The normalized spacial score (nSPS) is 33.4. The molecule has 32 heavy (non-hydrogen) atoms. The van der Waals surface area contributed by atoms with E-state index in [1.54, 1.807) is 14.0 Å². The third-order valence-electron chi connectivity index (χ3n) is 6.72. The Balaban J connectivity index is 1.53. The summed E-state index contributed by atoms with van der Waals surface area (Å²) in [6.07, 6.45) is 3.45. The number of aliphatic imine (C=N–C) groups is 2. The van der Waals surface area contributed by atoms with Crippen LogP contribution >= 0.6 is 11.8 Å². The van der Waals surface area contributed by atoms with E-state index < -0.39 is 18.0 Å². The van der Waals surface area contributed by atoms with Crippen LogP contribution in [-0.4, -0.2) is 100 Å². The van der Waals surface area contributed by atoms with Crippen molar-refractivity contribution in [3.8, 4) is 0 Å². The number of nitrogens with one attached hydrogen (secondary N) is 1. The fraction of sp³-hybridized carbons (Fsp3) is 0.667. The van der Waals surface area contributed by atoms with Gasteiger partial charge in [0.05, 0.1) is 24.1 Å². The first-order chi connectivity index (χ1) is 15.2. The molecule has 0 saturated carbocycles. The van der Waals surface area contributed by atoms with Crippen molar-refractivity contribution >= 4 is 42.0 Å². The van der Waals surface area contributed by atoms with Crippen molar-refractivity contribution in [1.82, 2.24) is 15.1 Å². The van der Waals surface area contributed by atoms with E-state index in [1.165, 1.54) is 16.7 Å². The lowest BCUT2D eigenvalue weighted by Gasteiger charge is -2.46. The van der Waals surface area contributed by atoms with Crippen molar-refractivity contribution in [2.24, 2.45) is 27.7 Å². The molecule has 6 unspecified atom stereocenters. The maximum Gasteiger partial charge on any atom is 0.353 e. The van der Waals surface area contributed by atoms with E-state index in [-0.39, 0.29) is 46.7 Å². The highest BCUT2D eigenvalue weighted by molar-refractivity contribution is 8.03. The third-order valence-corrected chi connectivity index (χ3v) is 8.22. The maximum atomic E-state index is 12.6. The maximum absolute atomic E-state index is 12.6. The van der Waals surface area contributed by atoms with E-state index in [0.717, 1.165) is 0 Å². The number of hydrogen-bond acceptors (Lipinski definition) is 8. The van der Waals surface area contributed by atoms with E-state index in [1.807, 2.05) is 19.4 Å². The molecule has 3 N–H and O–H groups in total. The van der Waals surface area contributed by atoms with Gasteiger partial charge < -0.3 is 20.4 Å². The summed E-state index contributed by atoms with van der Waals surface area (Å²) in [4.78, 5) is 49.6. The van der Waals surface area contributed by atoms with E-state index >= 15 is 0 Å². The van der Waals surface area contributed by atoms with Crippen LogP contribution in [0.3, 0.4) is 0 Å². The Kier molecular flexibility index (Phi) is 6.42. The van der Waals surface area contributed by atoms with Crippen LogP contribution in [0.2, 0.25) is 0 Å². The lowest BCUT2D eigenvalue weighted by atomic mass is 9.79. The summed E-state index contributed by atoms with van der Waals surface area (Å²) in [5.41, 5.74) is 0.0240. The van der Waals surface area contributed by atoms with Crippen molar-refractivity contribution in [3.63, 3.8) is 0 Å². The number of amides is 2. The zero-order chi connectivity index (χ0) is 23.2. The number of carbonyl (C=O) groups excluding carboxylic acids is 2. The lowest BCUT2D eigenvalue weighted by Crippen LogP contribution is -2.63. The van der Waals surface area contributed by atoms with E-state index in [2.05, 4.69) is 20.2 Å². The van der Waals surface area contributed by atoms with Crippen molar-refractivity contribution in [3.05, 3.63) is 10.6 Å². The number of carbonyl (C=O) groups is 3. The van der Waals surface area contributed by atoms with E-state index in [9.17, 15) is 24.6 Å². The smallest absolute Gasteiger partial charge is 0.353 e. The first-order valence-electron chi connectivity index (χ1n) is 10.8. The number of nitrogens with zero attached hydrogens (tertiary/aromatic N) is 4.